The molecule has 0 aliphatic heterocycles. The zero-order valence-electron chi connectivity index (χ0n) is 14.4. The maximum absolute atomic E-state index is 12.5. The Hall–Kier alpha value is -2.61. The van der Waals surface area contributed by atoms with Gasteiger partial charge in [0.25, 0.3) is 5.69 Å². The van der Waals surface area contributed by atoms with E-state index in [2.05, 4.69) is 0 Å². The summed E-state index contributed by atoms with van der Waals surface area (Å²) in [5.41, 5.74) is -0.790. The smallest absolute Gasteiger partial charge is 0.280 e. The van der Waals surface area contributed by atoms with Crippen molar-refractivity contribution in [3.63, 3.8) is 0 Å². The maximum Gasteiger partial charge on any atom is 0.280 e. The van der Waals surface area contributed by atoms with Crippen LogP contribution in [-0.4, -0.2) is 42.1 Å². The number of carbonyl (C=O) groups excluding carboxylic acids is 3. The number of Topliss-reactive ketones (excluding diaryl/α,β-unsaturated/α-hetero) is 3. The molecule has 1 rings (SSSR count). The van der Waals surface area contributed by atoms with Gasteiger partial charge in [0.1, 0.15) is 28.8 Å². The number of hydrogen-bond donors (Lipinski definition) is 0. The van der Waals surface area contributed by atoms with E-state index in [4.69, 9.17) is 9.47 Å². The highest BCUT2D eigenvalue weighted by Crippen LogP contribution is 2.27. The van der Waals surface area contributed by atoms with Gasteiger partial charge in [-0.25, -0.2) is 0 Å². The summed E-state index contributed by atoms with van der Waals surface area (Å²) in [6.45, 7) is 5.47. The molecule has 0 saturated carbocycles. The van der Waals surface area contributed by atoms with Crippen molar-refractivity contribution in [3.05, 3.63) is 33.9 Å². The minimum absolute atomic E-state index is 0.247. The molecular formula is C17H21NO7. The van der Waals surface area contributed by atoms with Crippen LogP contribution < -0.4 is 4.74 Å². The van der Waals surface area contributed by atoms with E-state index >= 15 is 0 Å². The van der Waals surface area contributed by atoms with Crippen LogP contribution in [0.4, 0.5) is 5.69 Å². The van der Waals surface area contributed by atoms with Crippen molar-refractivity contribution in [2.45, 2.75) is 27.2 Å². The molecule has 136 valence electrons. The Morgan fingerprint density at radius 3 is 2.32 bits per heavy atom. The Bertz CT molecular complexity index is 655. The SMILES string of the molecule is CCOCCCOc1ccc([N+](=O)[O-])c(C(=O)C(C(C)=O)C(C)=O)c1. The fourth-order valence-corrected chi connectivity index (χ4v) is 2.27. The Morgan fingerprint density at radius 1 is 1.16 bits per heavy atom. The second-order valence-corrected chi connectivity index (χ2v) is 5.35. The van der Waals surface area contributed by atoms with Crippen LogP contribution >= 0.6 is 0 Å². The van der Waals surface area contributed by atoms with Gasteiger partial charge in [-0.15, -0.1) is 0 Å². The Morgan fingerprint density at radius 2 is 1.80 bits per heavy atom. The highest BCUT2D eigenvalue weighted by Gasteiger charge is 2.33. The molecule has 8 nitrogen and oxygen atoms in total. The molecule has 1 aromatic carbocycles. The van der Waals surface area contributed by atoms with Gasteiger partial charge in [-0.05, 0) is 32.9 Å². The summed E-state index contributed by atoms with van der Waals surface area (Å²) >= 11 is 0. The Labute approximate surface area is 145 Å². The molecule has 0 aromatic heterocycles. The molecular weight excluding hydrogens is 330 g/mol. The Balaban J connectivity index is 3.07. The molecule has 0 atom stereocenters. The first-order valence-corrected chi connectivity index (χ1v) is 7.83. The molecule has 0 bridgehead atoms. The molecule has 0 aliphatic carbocycles. The molecule has 1 aromatic rings. The number of benzene rings is 1. The Kier molecular flexibility index (Phi) is 7.87. The summed E-state index contributed by atoms with van der Waals surface area (Å²) in [7, 11) is 0. The molecule has 0 N–H and O–H groups in total. The van der Waals surface area contributed by atoms with Crippen LogP contribution in [0.1, 0.15) is 37.6 Å². The summed E-state index contributed by atoms with van der Waals surface area (Å²) < 4.78 is 10.6. The number of rotatable bonds is 11. The summed E-state index contributed by atoms with van der Waals surface area (Å²) in [5.74, 6) is -3.51. The van der Waals surface area contributed by atoms with E-state index in [1.165, 1.54) is 12.1 Å². The topological polar surface area (TPSA) is 113 Å². The quantitative estimate of drug-likeness (QED) is 0.198. The van der Waals surface area contributed by atoms with Crippen LogP contribution in [0.5, 0.6) is 5.75 Å². The van der Waals surface area contributed by atoms with Crippen LogP contribution in [0.25, 0.3) is 0 Å². The van der Waals surface area contributed by atoms with Gasteiger partial charge in [0.15, 0.2) is 5.78 Å². The van der Waals surface area contributed by atoms with Gasteiger partial charge >= 0.3 is 0 Å². The lowest BCUT2D eigenvalue weighted by molar-refractivity contribution is -0.385. The van der Waals surface area contributed by atoms with Crippen molar-refractivity contribution in [1.29, 1.82) is 0 Å². The number of nitro benzene ring substituents is 1. The van der Waals surface area contributed by atoms with Crippen LogP contribution in [0.2, 0.25) is 0 Å². The van der Waals surface area contributed by atoms with Crippen molar-refractivity contribution in [2.24, 2.45) is 5.92 Å². The van der Waals surface area contributed by atoms with Gasteiger partial charge in [-0.3, -0.25) is 24.5 Å². The second kappa shape index (κ2) is 9.63. The molecule has 8 heteroatoms. The normalized spacial score (nSPS) is 10.6. The number of carbonyl (C=O) groups is 3. The average molecular weight is 351 g/mol. The minimum atomic E-state index is -1.55. The van der Waals surface area contributed by atoms with E-state index in [0.29, 0.717) is 26.2 Å². The van der Waals surface area contributed by atoms with Crippen molar-refractivity contribution in [2.75, 3.05) is 19.8 Å². The van der Waals surface area contributed by atoms with Crippen molar-refractivity contribution >= 4 is 23.0 Å². The zero-order chi connectivity index (χ0) is 19.0. The predicted molar refractivity (Wildman–Crippen MR) is 88.9 cm³/mol. The first-order chi connectivity index (χ1) is 11.8. The van der Waals surface area contributed by atoms with E-state index in [-0.39, 0.29) is 11.3 Å². The highest BCUT2D eigenvalue weighted by atomic mass is 16.6. The standard InChI is InChI=1S/C17H21NO7/c1-4-24-8-5-9-25-13-6-7-15(18(22)23)14(10-13)17(21)16(11(2)19)12(3)20/h6-7,10,16H,4-5,8-9H2,1-3H3. The molecule has 0 heterocycles. The van der Waals surface area contributed by atoms with E-state index < -0.39 is 33.9 Å². The van der Waals surface area contributed by atoms with Gasteiger partial charge in [0, 0.05) is 25.7 Å². The summed E-state index contributed by atoms with van der Waals surface area (Å²) in [6.07, 6.45) is 0.609. The summed E-state index contributed by atoms with van der Waals surface area (Å²) in [6, 6.07) is 3.69. The lowest BCUT2D eigenvalue weighted by Gasteiger charge is -2.12. The van der Waals surface area contributed by atoms with Crippen molar-refractivity contribution < 1.29 is 28.8 Å². The lowest BCUT2D eigenvalue weighted by atomic mass is 9.90. The molecule has 0 saturated heterocycles. The van der Waals surface area contributed by atoms with Crippen LogP contribution in [0.15, 0.2) is 18.2 Å². The minimum Gasteiger partial charge on any atom is -0.493 e. The van der Waals surface area contributed by atoms with Crippen LogP contribution in [0, 0.1) is 16.0 Å². The number of hydrogen-bond acceptors (Lipinski definition) is 7. The van der Waals surface area contributed by atoms with Gasteiger partial charge in [-0.1, -0.05) is 0 Å². The van der Waals surface area contributed by atoms with Gasteiger partial charge < -0.3 is 9.47 Å². The first kappa shape index (κ1) is 20.4. The van der Waals surface area contributed by atoms with Crippen molar-refractivity contribution in [3.8, 4) is 5.75 Å². The fraction of sp³-hybridized carbons (Fsp3) is 0.471. The highest BCUT2D eigenvalue weighted by molar-refractivity contribution is 6.24. The summed E-state index contributed by atoms with van der Waals surface area (Å²) in [4.78, 5) is 46.1. The monoisotopic (exact) mass is 351 g/mol. The number of ether oxygens (including phenoxy) is 2. The molecule has 25 heavy (non-hydrogen) atoms. The molecule has 0 fully saturated rings. The van der Waals surface area contributed by atoms with E-state index in [0.717, 1.165) is 19.9 Å². The summed E-state index contributed by atoms with van der Waals surface area (Å²) in [5, 5.41) is 11.2. The maximum atomic E-state index is 12.5. The van der Waals surface area contributed by atoms with Gasteiger partial charge in [-0.2, -0.15) is 0 Å². The molecule has 0 radical (unpaired) electrons. The van der Waals surface area contributed by atoms with Crippen LogP contribution in [-0.2, 0) is 14.3 Å². The van der Waals surface area contributed by atoms with E-state index in [1.54, 1.807) is 0 Å². The van der Waals surface area contributed by atoms with E-state index in [1.807, 2.05) is 6.92 Å². The van der Waals surface area contributed by atoms with Crippen LogP contribution in [0.3, 0.4) is 0 Å². The third-order valence-corrected chi connectivity index (χ3v) is 3.41. The second-order valence-electron chi connectivity index (χ2n) is 5.35. The number of nitrogens with zero attached hydrogens (tertiary/aromatic N) is 1. The first-order valence-electron chi connectivity index (χ1n) is 7.83. The molecule has 0 spiro atoms. The third kappa shape index (κ3) is 5.75. The predicted octanol–water partition coefficient (Wildman–Crippen LogP) is 2.38. The van der Waals surface area contributed by atoms with Crippen molar-refractivity contribution in [1.82, 2.24) is 0 Å². The number of nitro groups is 1. The lowest BCUT2D eigenvalue weighted by Crippen LogP contribution is -2.29. The largest absolute Gasteiger partial charge is 0.493 e. The fourth-order valence-electron chi connectivity index (χ4n) is 2.27. The van der Waals surface area contributed by atoms with Gasteiger partial charge in [0.2, 0.25) is 0 Å². The molecule has 0 amide bonds. The molecule has 0 aliphatic rings. The molecule has 0 unspecified atom stereocenters. The average Bonchev–Trinajstić information content (AvgIpc) is 2.53. The van der Waals surface area contributed by atoms with E-state index in [9.17, 15) is 24.5 Å². The number of ketones is 3. The third-order valence-electron chi connectivity index (χ3n) is 3.41. The van der Waals surface area contributed by atoms with Gasteiger partial charge in [0.05, 0.1) is 11.5 Å². The zero-order valence-corrected chi connectivity index (χ0v) is 14.4.